The van der Waals surface area contributed by atoms with Crippen LogP contribution in [-0.2, 0) is 9.59 Å². The molecule has 0 spiro atoms. The van der Waals surface area contributed by atoms with Crippen LogP contribution in [0.2, 0.25) is 0 Å². The van der Waals surface area contributed by atoms with Crippen LogP contribution < -0.4 is 32.1 Å². The largest absolute Gasteiger partial charge is 0.480 e. The van der Waals surface area contributed by atoms with Gasteiger partial charge in [0.1, 0.15) is 17.5 Å². The van der Waals surface area contributed by atoms with E-state index in [4.69, 9.17) is 5.73 Å². The van der Waals surface area contributed by atoms with Gasteiger partial charge in [-0.15, -0.1) is 0 Å². The highest BCUT2D eigenvalue weighted by Gasteiger charge is 2.27. The molecule has 2 aromatic rings. The van der Waals surface area contributed by atoms with Crippen molar-refractivity contribution < 1.29 is 19.5 Å². The number of carbonyl (C=O) groups is 3. The van der Waals surface area contributed by atoms with E-state index in [1.807, 2.05) is 4.90 Å². The highest BCUT2D eigenvalue weighted by molar-refractivity contribution is 5.97. The second-order valence-corrected chi connectivity index (χ2v) is 7.86. The Hall–Kier alpha value is -4.09. The van der Waals surface area contributed by atoms with E-state index in [9.17, 15) is 24.3 Å². The Kier molecular flexibility index (Phi) is 7.16. The fourth-order valence-electron chi connectivity index (χ4n) is 3.50. The van der Waals surface area contributed by atoms with Crippen molar-refractivity contribution >= 4 is 40.8 Å². The highest BCUT2D eigenvalue weighted by atomic mass is 16.4. The molecule has 1 amide bonds. The number of nitrogen functional groups attached to an aromatic ring is 1. The van der Waals surface area contributed by atoms with Gasteiger partial charge in [-0.25, -0.2) is 4.79 Å². The van der Waals surface area contributed by atoms with E-state index in [1.165, 1.54) is 6.92 Å². The van der Waals surface area contributed by atoms with Gasteiger partial charge in [-0.3, -0.25) is 14.6 Å². The SMILES string of the molecule is CC(=O)CCC(NC(=O)c1ccc(NC[C@H]2CNc3nc(N)[nH]c(=O)c3N2C)cc1)C(=O)O. The Balaban J connectivity index is 1.58. The lowest BCUT2D eigenvalue weighted by Gasteiger charge is -2.35. The number of likely N-dealkylation sites (N-methyl/N-ethyl adjacent to an activating group) is 1. The topological polar surface area (TPSA) is 183 Å². The number of fused-ring (bicyclic) bond motifs is 1. The van der Waals surface area contributed by atoms with Crippen LogP contribution in [0.3, 0.4) is 0 Å². The van der Waals surface area contributed by atoms with Crippen LogP contribution in [0.5, 0.6) is 0 Å². The fraction of sp³-hybridized carbons (Fsp3) is 0.381. The molecule has 33 heavy (non-hydrogen) atoms. The molecule has 1 aliphatic heterocycles. The minimum Gasteiger partial charge on any atom is -0.480 e. The summed E-state index contributed by atoms with van der Waals surface area (Å²) in [6, 6.07) is 5.39. The van der Waals surface area contributed by atoms with Crippen LogP contribution in [0.25, 0.3) is 0 Å². The van der Waals surface area contributed by atoms with Crippen LogP contribution >= 0.6 is 0 Å². The summed E-state index contributed by atoms with van der Waals surface area (Å²) in [5, 5.41) is 18.1. The lowest BCUT2D eigenvalue weighted by Crippen LogP contribution is -2.48. The monoisotopic (exact) mass is 457 g/mol. The number of aliphatic carboxylic acids is 1. The zero-order valence-corrected chi connectivity index (χ0v) is 18.3. The summed E-state index contributed by atoms with van der Waals surface area (Å²) >= 11 is 0. The number of nitrogens with two attached hydrogens (primary N) is 1. The number of aromatic nitrogens is 2. The number of Topliss-reactive ketones (excluding diaryl/α,β-unsaturated/α-hetero) is 1. The molecule has 0 radical (unpaired) electrons. The smallest absolute Gasteiger partial charge is 0.326 e. The molecule has 1 aromatic heterocycles. The van der Waals surface area contributed by atoms with Crippen LogP contribution in [0, 0.1) is 0 Å². The quantitative estimate of drug-likeness (QED) is 0.305. The number of amides is 1. The maximum absolute atomic E-state index is 12.4. The molecule has 12 heteroatoms. The van der Waals surface area contributed by atoms with Crippen molar-refractivity contribution in [1.29, 1.82) is 0 Å². The molecule has 3 rings (SSSR count). The lowest BCUT2D eigenvalue weighted by molar-refractivity contribution is -0.139. The number of carbonyl (C=O) groups excluding carboxylic acids is 2. The number of nitrogens with one attached hydrogen (secondary N) is 4. The maximum Gasteiger partial charge on any atom is 0.326 e. The molecule has 1 aliphatic rings. The predicted molar refractivity (Wildman–Crippen MR) is 124 cm³/mol. The third kappa shape index (κ3) is 5.79. The van der Waals surface area contributed by atoms with Crippen LogP contribution in [-0.4, -0.2) is 65.0 Å². The minimum atomic E-state index is -1.19. The Morgan fingerprint density at radius 3 is 2.64 bits per heavy atom. The standard InChI is InChI=1S/C21H27N7O5/c1-11(29)3-8-15(20(32)33)25-18(30)12-4-6-13(7-5-12)23-9-14-10-24-17-16(28(14)2)19(31)27-21(22)26-17/h4-7,14-15,23H,3,8-10H2,1-2H3,(H,25,30)(H,32,33)(H4,22,24,26,27,31)/t14-,15?/m0/s1. The molecule has 1 aromatic carbocycles. The van der Waals surface area contributed by atoms with E-state index in [2.05, 4.69) is 25.9 Å². The summed E-state index contributed by atoms with van der Waals surface area (Å²) in [7, 11) is 1.80. The number of carboxylic acid groups (broad SMARTS) is 1. The van der Waals surface area contributed by atoms with Crippen LogP contribution in [0.4, 0.5) is 23.1 Å². The summed E-state index contributed by atoms with van der Waals surface area (Å²) in [4.78, 5) is 55.5. The molecule has 12 nitrogen and oxygen atoms in total. The predicted octanol–water partition coefficient (Wildman–Crippen LogP) is 0.247. The number of hydrogen-bond acceptors (Lipinski definition) is 9. The van der Waals surface area contributed by atoms with E-state index in [0.29, 0.717) is 30.2 Å². The van der Waals surface area contributed by atoms with Crippen molar-refractivity contribution in [2.24, 2.45) is 0 Å². The summed E-state index contributed by atoms with van der Waals surface area (Å²) in [5.41, 5.74) is 6.73. The fourth-order valence-corrected chi connectivity index (χ4v) is 3.50. The second-order valence-electron chi connectivity index (χ2n) is 7.86. The van der Waals surface area contributed by atoms with Gasteiger partial charge in [0, 0.05) is 37.8 Å². The molecule has 0 bridgehead atoms. The summed E-state index contributed by atoms with van der Waals surface area (Å²) in [6.07, 6.45) is 0.109. The summed E-state index contributed by atoms with van der Waals surface area (Å²) in [5.74, 6) is -1.37. The van der Waals surface area contributed by atoms with Gasteiger partial charge in [-0.2, -0.15) is 4.98 Å². The Morgan fingerprint density at radius 2 is 2.00 bits per heavy atom. The number of hydrogen-bond donors (Lipinski definition) is 6. The molecular formula is C21H27N7O5. The normalized spacial score (nSPS) is 15.7. The lowest BCUT2D eigenvalue weighted by atomic mass is 10.1. The van der Waals surface area contributed by atoms with Gasteiger partial charge >= 0.3 is 5.97 Å². The third-order valence-electron chi connectivity index (χ3n) is 5.40. The van der Waals surface area contributed by atoms with Crippen molar-refractivity contribution in [3.05, 3.63) is 40.2 Å². The molecular weight excluding hydrogens is 430 g/mol. The zero-order valence-electron chi connectivity index (χ0n) is 18.3. The van der Waals surface area contributed by atoms with E-state index in [1.54, 1.807) is 31.3 Å². The van der Waals surface area contributed by atoms with Gasteiger partial charge in [-0.05, 0) is 37.6 Å². The molecule has 0 fully saturated rings. The molecule has 176 valence electrons. The van der Waals surface area contributed by atoms with Crippen molar-refractivity contribution in [2.45, 2.75) is 31.8 Å². The van der Waals surface area contributed by atoms with Crippen LogP contribution in [0.15, 0.2) is 29.1 Å². The van der Waals surface area contributed by atoms with Crippen molar-refractivity contribution in [3.63, 3.8) is 0 Å². The number of ketones is 1. The molecule has 1 unspecified atom stereocenters. The van der Waals surface area contributed by atoms with E-state index in [-0.39, 0.29) is 36.2 Å². The van der Waals surface area contributed by atoms with Crippen LogP contribution in [0.1, 0.15) is 30.1 Å². The molecule has 0 saturated heterocycles. The Bertz CT molecular complexity index is 1100. The number of H-pyrrole nitrogens is 1. The van der Waals surface area contributed by atoms with E-state index < -0.39 is 17.9 Å². The van der Waals surface area contributed by atoms with Gasteiger partial charge in [0.05, 0.1) is 6.04 Å². The molecule has 2 atom stereocenters. The highest BCUT2D eigenvalue weighted by Crippen LogP contribution is 2.25. The van der Waals surface area contributed by atoms with Gasteiger partial charge in [0.25, 0.3) is 11.5 Å². The average molecular weight is 457 g/mol. The maximum atomic E-state index is 12.4. The molecule has 2 heterocycles. The molecule has 0 aliphatic carbocycles. The summed E-state index contributed by atoms with van der Waals surface area (Å²) in [6.45, 7) is 2.42. The number of aromatic amines is 1. The van der Waals surface area contributed by atoms with Crippen molar-refractivity contribution in [2.75, 3.05) is 41.4 Å². The summed E-state index contributed by atoms with van der Waals surface area (Å²) < 4.78 is 0. The van der Waals surface area contributed by atoms with Crippen molar-refractivity contribution in [1.82, 2.24) is 15.3 Å². The number of benzene rings is 1. The van der Waals surface area contributed by atoms with Gasteiger partial charge in [0.15, 0.2) is 5.82 Å². The number of rotatable bonds is 9. The van der Waals surface area contributed by atoms with Gasteiger partial charge < -0.3 is 36.5 Å². The number of nitrogens with zero attached hydrogens (tertiary/aromatic N) is 2. The van der Waals surface area contributed by atoms with Gasteiger partial charge in [0.2, 0.25) is 5.95 Å². The zero-order chi connectivity index (χ0) is 24.1. The first kappa shape index (κ1) is 23.6. The Labute approximate surface area is 189 Å². The second kappa shape index (κ2) is 10.0. The van der Waals surface area contributed by atoms with Crippen molar-refractivity contribution in [3.8, 4) is 0 Å². The van der Waals surface area contributed by atoms with E-state index >= 15 is 0 Å². The average Bonchev–Trinajstić information content (AvgIpc) is 2.75. The van der Waals surface area contributed by atoms with Gasteiger partial charge in [-0.1, -0.05) is 0 Å². The first-order chi connectivity index (χ1) is 15.7. The third-order valence-corrected chi connectivity index (χ3v) is 5.40. The Morgan fingerprint density at radius 1 is 1.30 bits per heavy atom. The van der Waals surface area contributed by atoms with E-state index in [0.717, 1.165) is 5.69 Å². The molecule has 7 N–H and O–H groups in total. The molecule has 0 saturated carbocycles. The minimum absolute atomic E-state index is 0.0348. The number of anilines is 4. The first-order valence-electron chi connectivity index (χ1n) is 10.4. The number of carboxylic acids is 1. The first-order valence-corrected chi connectivity index (χ1v) is 10.4.